The van der Waals surface area contributed by atoms with Crippen molar-refractivity contribution in [2.45, 2.75) is 18.9 Å². The Hall–Kier alpha value is -5.31. The van der Waals surface area contributed by atoms with Crippen molar-refractivity contribution in [2.75, 3.05) is 12.1 Å². The average molecular weight is 563 g/mol. The molecule has 0 fully saturated rings. The van der Waals surface area contributed by atoms with Crippen LogP contribution < -0.4 is 15.4 Å². The molecule has 1 atom stereocenters. The average Bonchev–Trinajstić information content (AvgIpc) is 3.61. The van der Waals surface area contributed by atoms with Gasteiger partial charge in [-0.1, -0.05) is 24.3 Å². The van der Waals surface area contributed by atoms with Gasteiger partial charge in [0.05, 0.1) is 30.2 Å². The maximum atomic E-state index is 13.9. The SMILES string of the molecule is COc1ccc(CC2CC(c3c4c(=O)oc5ccccc5c4nn3-c3ccc(F)cc3)=NN2c2ccc(F)cc2)cc1. The molecule has 0 saturated heterocycles. The maximum absolute atomic E-state index is 13.9. The second-order valence-corrected chi connectivity index (χ2v) is 10.1. The minimum absolute atomic E-state index is 0.155. The standard InChI is InChI=1S/C33H24F2N4O3/c1-41-26-16-6-20(7-17-26)18-25-19-28(36-38(25)23-12-8-21(34)9-13-23)32-30-31(27-4-2-3-5-29(27)42-33(30)40)37-39(32)24-14-10-22(35)11-15-24/h2-17,25H,18-19H2,1H3. The van der Waals surface area contributed by atoms with Crippen LogP contribution in [0.1, 0.15) is 17.7 Å². The number of hydrazone groups is 1. The van der Waals surface area contributed by atoms with Crippen LogP contribution in [0.25, 0.3) is 27.6 Å². The molecule has 0 aliphatic carbocycles. The van der Waals surface area contributed by atoms with Gasteiger partial charge in [-0.05, 0) is 84.8 Å². The van der Waals surface area contributed by atoms with Gasteiger partial charge >= 0.3 is 5.63 Å². The molecule has 0 radical (unpaired) electrons. The molecule has 2 aromatic heterocycles. The van der Waals surface area contributed by atoms with Crippen LogP contribution in [0.3, 0.4) is 0 Å². The third-order valence-corrected chi connectivity index (χ3v) is 7.50. The summed E-state index contributed by atoms with van der Waals surface area (Å²) >= 11 is 0. The van der Waals surface area contributed by atoms with E-state index in [1.165, 1.54) is 24.3 Å². The molecule has 7 rings (SSSR count). The van der Waals surface area contributed by atoms with Gasteiger partial charge in [0.15, 0.2) is 0 Å². The summed E-state index contributed by atoms with van der Waals surface area (Å²) in [5.41, 5.74) is 3.77. The van der Waals surface area contributed by atoms with Gasteiger partial charge in [-0.15, -0.1) is 0 Å². The fraction of sp³-hybridized carbons (Fsp3) is 0.121. The molecule has 0 bridgehead atoms. The van der Waals surface area contributed by atoms with Crippen LogP contribution in [0.4, 0.5) is 14.5 Å². The summed E-state index contributed by atoms with van der Waals surface area (Å²) in [5.74, 6) is 0.0204. The molecule has 7 nitrogen and oxygen atoms in total. The molecule has 0 amide bonds. The summed E-state index contributed by atoms with van der Waals surface area (Å²) < 4.78 is 40.4. The number of ether oxygens (including phenoxy) is 1. The quantitative estimate of drug-likeness (QED) is 0.213. The van der Waals surface area contributed by atoms with Gasteiger partial charge < -0.3 is 9.15 Å². The summed E-state index contributed by atoms with van der Waals surface area (Å²) in [5, 5.41) is 12.7. The van der Waals surface area contributed by atoms with Crippen molar-refractivity contribution in [1.82, 2.24) is 9.78 Å². The molecule has 1 aliphatic rings. The van der Waals surface area contributed by atoms with Gasteiger partial charge in [0.1, 0.15) is 39.6 Å². The first-order chi connectivity index (χ1) is 20.5. The first-order valence-corrected chi connectivity index (χ1v) is 13.4. The largest absolute Gasteiger partial charge is 0.497 e. The van der Waals surface area contributed by atoms with E-state index < -0.39 is 5.63 Å². The molecule has 0 saturated carbocycles. The van der Waals surface area contributed by atoms with Crippen molar-refractivity contribution in [3.63, 3.8) is 0 Å². The van der Waals surface area contributed by atoms with E-state index in [1.54, 1.807) is 48.2 Å². The Balaban J connectivity index is 1.42. The Labute approximate surface area is 238 Å². The zero-order chi connectivity index (χ0) is 28.8. The Kier molecular flexibility index (Phi) is 6.27. The number of anilines is 1. The Bertz CT molecular complexity index is 2010. The fourth-order valence-corrected chi connectivity index (χ4v) is 5.50. The van der Waals surface area contributed by atoms with E-state index in [2.05, 4.69) is 0 Å². The van der Waals surface area contributed by atoms with E-state index in [0.717, 1.165) is 11.3 Å². The predicted molar refractivity (Wildman–Crippen MR) is 158 cm³/mol. The van der Waals surface area contributed by atoms with Gasteiger partial charge in [0.25, 0.3) is 0 Å². The summed E-state index contributed by atoms with van der Waals surface area (Å²) in [7, 11) is 1.62. The summed E-state index contributed by atoms with van der Waals surface area (Å²) in [6, 6.07) is 26.9. The van der Waals surface area contributed by atoms with Crippen molar-refractivity contribution in [3.05, 3.63) is 130 Å². The molecule has 4 aromatic carbocycles. The molecule has 0 spiro atoms. The van der Waals surface area contributed by atoms with Crippen LogP contribution in [-0.4, -0.2) is 28.6 Å². The van der Waals surface area contributed by atoms with Crippen molar-refractivity contribution in [2.24, 2.45) is 5.10 Å². The molecule has 208 valence electrons. The second kappa shape index (κ2) is 10.3. The Morgan fingerprint density at radius 1 is 0.881 bits per heavy atom. The fourth-order valence-electron chi connectivity index (χ4n) is 5.50. The lowest BCUT2D eigenvalue weighted by molar-refractivity contribution is 0.414. The number of nitrogens with zero attached hydrogens (tertiary/aromatic N) is 4. The van der Waals surface area contributed by atoms with Gasteiger partial charge in [0, 0.05) is 11.8 Å². The van der Waals surface area contributed by atoms with Crippen molar-refractivity contribution in [3.8, 4) is 11.4 Å². The monoisotopic (exact) mass is 562 g/mol. The van der Waals surface area contributed by atoms with E-state index >= 15 is 0 Å². The number of methoxy groups -OCH3 is 1. The highest BCUT2D eigenvalue weighted by Crippen LogP contribution is 2.33. The van der Waals surface area contributed by atoms with Crippen molar-refractivity contribution < 1.29 is 17.9 Å². The van der Waals surface area contributed by atoms with Gasteiger partial charge in [-0.3, -0.25) is 5.01 Å². The van der Waals surface area contributed by atoms with Crippen LogP contribution in [0.15, 0.2) is 111 Å². The van der Waals surface area contributed by atoms with E-state index in [1.807, 2.05) is 41.4 Å². The smallest absolute Gasteiger partial charge is 0.348 e. The lowest BCUT2D eigenvalue weighted by Gasteiger charge is -2.23. The Morgan fingerprint density at radius 3 is 2.24 bits per heavy atom. The van der Waals surface area contributed by atoms with E-state index in [0.29, 0.717) is 57.5 Å². The number of aromatic nitrogens is 2. The van der Waals surface area contributed by atoms with Crippen LogP contribution in [0.2, 0.25) is 0 Å². The number of benzene rings is 4. The molecule has 6 aromatic rings. The van der Waals surface area contributed by atoms with Crippen molar-refractivity contribution >= 4 is 33.3 Å². The summed E-state index contributed by atoms with van der Waals surface area (Å²) in [6.45, 7) is 0. The topological polar surface area (TPSA) is 72.9 Å². The third-order valence-electron chi connectivity index (χ3n) is 7.50. The molecule has 1 aliphatic heterocycles. The van der Waals surface area contributed by atoms with Crippen LogP contribution >= 0.6 is 0 Å². The normalized spacial score (nSPS) is 15.0. The number of fused-ring (bicyclic) bond motifs is 3. The first-order valence-electron chi connectivity index (χ1n) is 13.4. The summed E-state index contributed by atoms with van der Waals surface area (Å²) in [6.07, 6.45) is 1.08. The van der Waals surface area contributed by atoms with Crippen molar-refractivity contribution in [1.29, 1.82) is 0 Å². The number of hydrogen-bond donors (Lipinski definition) is 0. The highest BCUT2D eigenvalue weighted by atomic mass is 19.1. The zero-order valence-corrected chi connectivity index (χ0v) is 22.5. The minimum atomic E-state index is -0.540. The Morgan fingerprint density at radius 2 is 1.55 bits per heavy atom. The second-order valence-electron chi connectivity index (χ2n) is 10.1. The maximum Gasteiger partial charge on any atom is 0.348 e. The number of hydrogen-bond acceptors (Lipinski definition) is 6. The number of rotatable bonds is 6. The van der Waals surface area contributed by atoms with E-state index in [9.17, 15) is 13.6 Å². The van der Waals surface area contributed by atoms with Crippen LogP contribution in [0, 0.1) is 11.6 Å². The molecule has 9 heteroatoms. The molecular formula is C33H24F2N4O3. The van der Waals surface area contributed by atoms with Gasteiger partial charge in [-0.2, -0.15) is 10.2 Å². The lowest BCUT2D eigenvalue weighted by atomic mass is 9.99. The third kappa shape index (κ3) is 4.49. The first kappa shape index (κ1) is 25.6. The minimum Gasteiger partial charge on any atom is -0.497 e. The molecule has 42 heavy (non-hydrogen) atoms. The van der Waals surface area contributed by atoms with Crippen LogP contribution in [-0.2, 0) is 6.42 Å². The molecular weight excluding hydrogens is 538 g/mol. The van der Waals surface area contributed by atoms with Gasteiger partial charge in [-0.25, -0.2) is 18.3 Å². The van der Waals surface area contributed by atoms with Gasteiger partial charge in [0.2, 0.25) is 0 Å². The molecule has 1 unspecified atom stereocenters. The lowest BCUT2D eigenvalue weighted by Crippen LogP contribution is -2.28. The van der Waals surface area contributed by atoms with E-state index in [-0.39, 0.29) is 17.7 Å². The summed E-state index contributed by atoms with van der Waals surface area (Å²) in [4.78, 5) is 13.5. The van der Waals surface area contributed by atoms with E-state index in [4.69, 9.17) is 19.4 Å². The molecule has 3 heterocycles. The highest BCUT2D eigenvalue weighted by Gasteiger charge is 2.33. The zero-order valence-electron chi connectivity index (χ0n) is 22.5. The molecule has 0 N–H and O–H groups in total. The number of para-hydroxylation sites is 1. The highest BCUT2D eigenvalue weighted by molar-refractivity contribution is 6.15. The predicted octanol–water partition coefficient (Wildman–Crippen LogP) is 6.64. The van der Waals surface area contributed by atoms with Crippen LogP contribution in [0.5, 0.6) is 5.75 Å². The number of halogens is 2.